The summed E-state index contributed by atoms with van der Waals surface area (Å²) >= 11 is 0. The van der Waals surface area contributed by atoms with E-state index in [4.69, 9.17) is 9.97 Å². The van der Waals surface area contributed by atoms with Crippen molar-refractivity contribution in [2.45, 2.75) is 37.5 Å². The lowest BCUT2D eigenvalue weighted by Crippen LogP contribution is -2.19. The third-order valence-corrected chi connectivity index (χ3v) is 5.49. The predicted octanol–water partition coefficient (Wildman–Crippen LogP) is 3.63. The molecule has 0 N–H and O–H groups in total. The van der Waals surface area contributed by atoms with Crippen molar-refractivity contribution >= 4 is 11.0 Å². The molecule has 18 heavy (non-hydrogen) atoms. The van der Waals surface area contributed by atoms with Gasteiger partial charge < -0.3 is 0 Å². The van der Waals surface area contributed by atoms with Crippen LogP contribution in [0.2, 0.25) is 0 Å². The molecule has 90 valence electrons. The van der Waals surface area contributed by atoms with Gasteiger partial charge in [0.1, 0.15) is 0 Å². The molecule has 5 rings (SSSR count). The molecule has 2 heteroatoms. The summed E-state index contributed by atoms with van der Waals surface area (Å²) in [5.74, 6) is 3.32. The van der Waals surface area contributed by atoms with Crippen molar-refractivity contribution < 1.29 is 0 Å². The van der Waals surface area contributed by atoms with Crippen LogP contribution >= 0.6 is 0 Å². The summed E-state index contributed by atoms with van der Waals surface area (Å²) in [4.78, 5) is 9.87. The fraction of sp³-hybridized carbons (Fsp3) is 0.500. The molecule has 2 bridgehead atoms. The van der Waals surface area contributed by atoms with Crippen LogP contribution in [0.15, 0.2) is 24.3 Å². The maximum Gasteiger partial charge on any atom is 0.0890 e. The molecule has 2 fully saturated rings. The summed E-state index contributed by atoms with van der Waals surface area (Å²) < 4.78 is 0. The Morgan fingerprint density at radius 1 is 0.833 bits per heavy atom. The van der Waals surface area contributed by atoms with E-state index in [9.17, 15) is 0 Å². The summed E-state index contributed by atoms with van der Waals surface area (Å²) in [7, 11) is 0. The van der Waals surface area contributed by atoms with Gasteiger partial charge in [0.05, 0.1) is 22.4 Å². The first kappa shape index (κ1) is 9.48. The number of hydrogen-bond donors (Lipinski definition) is 0. The second-order valence-electron chi connectivity index (χ2n) is 6.19. The minimum absolute atomic E-state index is 0.731. The number of fused-ring (bicyclic) bond motifs is 9. The normalized spacial score (nSPS) is 36.0. The van der Waals surface area contributed by atoms with Crippen LogP contribution in [-0.2, 0) is 0 Å². The molecule has 2 aromatic rings. The van der Waals surface area contributed by atoms with Gasteiger partial charge in [0.2, 0.25) is 0 Å². The maximum absolute atomic E-state index is 4.94. The molecular formula is C16H16N2. The van der Waals surface area contributed by atoms with Gasteiger partial charge in [-0.05, 0) is 43.2 Å². The van der Waals surface area contributed by atoms with Crippen LogP contribution in [0.1, 0.15) is 48.9 Å². The second kappa shape index (κ2) is 3.11. The highest BCUT2D eigenvalue weighted by Crippen LogP contribution is 2.63. The van der Waals surface area contributed by atoms with Gasteiger partial charge in [-0.3, -0.25) is 0 Å². The van der Waals surface area contributed by atoms with E-state index in [0.29, 0.717) is 0 Å². The monoisotopic (exact) mass is 236 g/mol. The molecule has 4 atom stereocenters. The first-order valence-electron chi connectivity index (χ1n) is 7.18. The molecule has 1 aromatic carbocycles. The highest BCUT2D eigenvalue weighted by molar-refractivity contribution is 5.74. The van der Waals surface area contributed by atoms with Crippen molar-refractivity contribution in [2.75, 3.05) is 0 Å². The molecule has 0 saturated heterocycles. The van der Waals surface area contributed by atoms with Gasteiger partial charge in [-0.25, -0.2) is 9.97 Å². The van der Waals surface area contributed by atoms with Gasteiger partial charge in [0.15, 0.2) is 0 Å². The third-order valence-electron chi connectivity index (χ3n) is 5.49. The van der Waals surface area contributed by atoms with Gasteiger partial charge in [-0.1, -0.05) is 18.6 Å². The average molecular weight is 236 g/mol. The Hall–Kier alpha value is -1.44. The van der Waals surface area contributed by atoms with Gasteiger partial charge >= 0.3 is 0 Å². The molecule has 0 spiro atoms. The first-order chi connectivity index (χ1) is 8.92. The Morgan fingerprint density at radius 2 is 1.39 bits per heavy atom. The lowest BCUT2D eigenvalue weighted by atomic mass is 9.82. The molecule has 1 aromatic heterocycles. The zero-order chi connectivity index (χ0) is 11.7. The lowest BCUT2D eigenvalue weighted by molar-refractivity contribution is 0.372. The van der Waals surface area contributed by atoms with Crippen molar-refractivity contribution in [2.24, 2.45) is 11.8 Å². The molecule has 3 aliphatic carbocycles. The fourth-order valence-corrected chi connectivity index (χ4v) is 4.84. The quantitative estimate of drug-likeness (QED) is 0.698. The lowest BCUT2D eigenvalue weighted by Gasteiger charge is -2.25. The van der Waals surface area contributed by atoms with E-state index in [0.717, 1.165) is 34.7 Å². The van der Waals surface area contributed by atoms with Crippen LogP contribution in [0, 0.1) is 11.8 Å². The minimum atomic E-state index is 0.731. The summed E-state index contributed by atoms with van der Waals surface area (Å²) in [6.07, 6.45) is 5.62. The van der Waals surface area contributed by atoms with Crippen molar-refractivity contribution in [3.63, 3.8) is 0 Å². The largest absolute Gasteiger partial charge is 0.249 e. The van der Waals surface area contributed by atoms with Crippen molar-refractivity contribution in [3.8, 4) is 0 Å². The zero-order valence-electron chi connectivity index (χ0n) is 10.3. The topological polar surface area (TPSA) is 25.8 Å². The van der Waals surface area contributed by atoms with Crippen LogP contribution in [0.4, 0.5) is 0 Å². The standard InChI is InChI=1S/C16H16N2/c1-2-7-14-13(6-1)17-15-11-8-12(16(15)18-14)10-5-3-4-9(10)11/h1-2,6-7,9-12H,3-5,8H2/t9-,10+,11+,12-. The molecule has 3 aliphatic rings. The van der Waals surface area contributed by atoms with Gasteiger partial charge in [-0.2, -0.15) is 0 Å². The molecular weight excluding hydrogens is 220 g/mol. The molecule has 0 amide bonds. The molecule has 0 radical (unpaired) electrons. The Bertz CT molecular complexity index is 594. The highest BCUT2D eigenvalue weighted by Gasteiger charge is 2.54. The van der Waals surface area contributed by atoms with E-state index >= 15 is 0 Å². The van der Waals surface area contributed by atoms with E-state index in [2.05, 4.69) is 24.3 Å². The predicted molar refractivity (Wildman–Crippen MR) is 70.5 cm³/mol. The number of aromatic nitrogens is 2. The van der Waals surface area contributed by atoms with Crippen molar-refractivity contribution in [1.82, 2.24) is 9.97 Å². The van der Waals surface area contributed by atoms with Crippen LogP contribution in [0.5, 0.6) is 0 Å². The Kier molecular flexibility index (Phi) is 1.64. The van der Waals surface area contributed by atoms with Gasteiger partial charge in [0.25, 0.3) is 0 Å². The summed E-state index contributed by atoms with van der Waals surface area (Å²) in [5.41, 5.74) is 4.86. The zero-order valence-corrected chi connectivity index (χ0v) is 10.3. The smallest absolute Gasteiger partial charge is 0.0890 e. The van der Waals surface area contributed by atoms with Gasteiger partial charge in [-0.15, -0.1) is 0 Å². The van der Waals surface area contributed by atoms with Gasteiger partial charge in [0, 0.05) is 11.8 Å². The molecule has 1 heterocycles. The molecule has 0 aliphatic heterocycles. The second-order valence-corrected chi connectivity index (χ2v) is 6.19. The Balaban J connectivity index is 1.77. The first-order valence-corrected chi connectivity index (χ1v) is 7.18. The SMILES string of the molecule is c1ccc2nc3c(nc2c1)[C@H]1C[C@@H]3[C@H]2CCC[C@H]21. The number of hydrogen-bond acceptors (Lipinski definition) is 2. The van der Waals surface area contributed by atoms with E-state index in [-0.39, 0.29) is 0 Å². The van der Waals surface area contributed by atoms with Crippen molar-refractivity contribution in [1.29, 1.82) is 0 Å². The van der Waals surface area contributed by atoms with E-state index in [1.54, 1.807) is 0 Å². The van der Waals surface area contributed by atoms with E-state index in [1.165, 1.54) is 37.1 Å². The van der Waals surface area contributed by atoms with Crippen molar-refractivity contribution in [3.05, 3.63) is 35.7 Å². The summed E-state index contributed by atoms with van der Waals surface area (Å²) in [6, 6.07) is 8.32. The van der Waals surface area contributed by atoms with E-state index in [1.807, 2.05) is 0 Å². The number of rotatable bonds is 0. The molecule has 2 nitrogen and oxygen atoms in total. The number of benzene rings is 1. The third kappa shape index (κ3) is 1.01. The molecule has 0 unspecified atom stereocenters. The maximum atomic E-state index is 4.94. The van der Waals surface area contributed by atoms with E-state index < -0.39 is 0 Å². The summed E-state index contributed by atoms with van der Waals surface area (Å²) in [6.45, 7) is 0. The molecule has 2 saturated carbocycles. The average Bonchev–Trinajstić information content (AvgIpc) is 3.07. The number of nitrogens with zero attached hydrogens (tertiary/aromatic N) is 2. The number of para-hydroxylation sites is 2. The van der Waals surface area contributed by atoms with Crippen LogP contribution < -0.4 is 0 Å². The van der Waals surface area contributed by atoms with Crippen LogP contribution in [-0.4, -0.2) is 9.97 Å². The fourth-order valence-electron chi connectivity index (χ4n) is 4.84. The van der Waals surface area contributed by atoms with Crippen LogP contribution in [0.3, 0.4) is 0 Å². The van der Waals surface area contributed by atoms with Crippen LogP contribution in [0.25, 0.3) is 11.0 Å². The minimum Gasteiger partial charge on any atom is -0.249 e. The Labute approximate surface area is 106 Å². The summed E-state index contributed by atoms with van der Waals surface area (Å²) in [5, 5.41) is 0. The Morgan fingerprint density at radius 3 is 1.94 bits per heavy atom. The highest BCUT2D eigenvalue weighted by atomic mass is 14.9.